The number of halogens is 4. The van der Waals surface area contributed by atoms with Crippen molar-refractivity contribution < 1.29 is 32.3 Å². The first-order valence-electron chi connectivity index (χ1n) is 7.96. The molecular formula is C18H16ClF3N2O4. The van der Waals surface area contributed by atoms with Gasteiger partial charge in [0.25, 0.3) is 5.91 Å². The lowest BCUT2D eigenvalue weighted by Crippen LogP contribution is -2.23. The molecule has 0 radical (unpaired) electrons. The Morgan fingerprint density at radius 3 is 2.39 bits per heavy atom. The molecule has 0 atom stereocenters. The van der Waals surface area contributed by atoms with Gasteiger partial charge in [-0.3, -0.25) is 9.59 Å². The van der Waals surface area contributed by atoms with Crippen molar-refractivity contribution in [2.45, 2.75) is 26.9 Å². The van der Waals surface area contributed by atoms with Gasteiger partial charge in [-0.1, -0.05) is 17.7 Å². The zero-order chi connectivity index (χ0) is 21.2. The molecule has 0 unspecified atom stereocenters. The summed E-state index contributed by atoms with van der Waals surface area (Å²) in [5.41, 5.74) is -0.593. The molecule has 0 aliphatic heterocycles. The fourth-order valence-corrected chi connectivity index (χ4v) is 2.97. The normalized spacial score (nSPS) is 11.2. The third kappa shape index (κ3) is 4.53. The highest BCUT2D eigenvalue weighted by Gasteiger charge is 2.35. The molecule has 6 nitrogen and oxygen atoms in total. The van der Waals surface area contributed by atoms with Gasteiger partial charge in [0, 0.05) is 11.3 Å². The number of aryl methyl sites for hydroxylation is 1. The molecule has 0 fully saturated rings. The zero-order valence-electron chi connectivity index (χ0n) is 15.1. The standard InChI is InChI=1S/C18H16ClF3N2O4/c1-8-14(10(3)25)9(2)23-15(8)17(27)28-7-13(26)24-16-11(18(20,21)22)5-4-6-12(16)19/h4-6,23H,7H2,1-3H3,(H,24,26). The second-order valence-electron chi connectivity index (χ2n) is 5.97. The van der Waals surface area contributed by atoms with Gasteiger partial charge in [-0.2, -0.15) is 13.2 Å². The third-order valence-electron chi connectivity index (χ3n) is 3.91. The van der Waals surface area contributed by atoms with Crippen molar-refractivity contribution in [3.63, 3.8) is 0 Å². The summed E-state index contributed by atoms with van der Waals surface area (Å²) in [6, 6.07) is 3.05. The van der Waals surface area contributed by atoms with Gasteiger partial charge in [-0.15, -0.1) is 0 Å². The molecule has 2 aromatic rings. The minimum Gasteiger partial charge on any atom is -0.451 e. The van der Waals surface area contributed by atoms with Crippen molar-refractivity contribution >= 4 is 34.9 Å². The number of Topliss-reactive ketones (excluding diaryl/α,β-unsaturated/α-hetero) is 1. The van der Waals surface area contributed by atoms with Crippen molar-refractivity contribution in [3.8, 4) is 0 Å². The number of hydrogen-bond donors (Lipinski definition) is 2. The van der Waals surface area contributed by atoms with E-state index >= 15 is 0 Å². The van der Waals surface area contributed by atoms with Crippen LogP contribution in [0.25, 0.3) is 0 Å². The van der Waals surface area contributed by atoms with Gasteiger partial charge in [-0.05, 0) is 38.5 Å². The van der Waals surface area contributed by atoms with Crippen LogP contribution >= 0.6 is 11.6 Å². The summed E-state index contributed by atoms with van der Waals surface area (Å²) in [6.45, 7) is 3.64. The summed E-state index contributed by atoms with van der Waals surface area (Å²) >= 11 is 5.75. The molecule has 0 saturated heterocycles. The molecule has 2 rings (SSSR count). The van der Waals surface area contributed by atoms with Crippen molar-refractivity contribution in [2.75, 3.05) is 11.9 Å². The number of anilines is 1. The largest absolute Gasteiger partial charge is 0.451 e. The number of aromatic amines is 1. The first-order chi connectivity index (χ1) is 12.9. The van der Waals surface area contributed by atoms with Crippen LogP contribution in [0.3, 0.4) is 0 Å². The Morgan fingerprint density at radius 2 is 1.86 bits per heavy atom. The van der Waals surface area contributed by atoms with Crippen molar-refractivity contribution in [3.05, 3.63) is 51.3 Å². The molecule has 1 heterocycles. The number of hydrogen-bond acceptors (Lipinski definition) is 4. The Kier molecular flexibility index (Phi) is 6.18. The number of esters is 1. The number of aromatic nitrogens is 1. The highest BCUT2D eigenvalue weighted by molar-refractivity contribution is 6.34. The van der Waals surface area contributed by atoms with E-state index in [9.17, 15) is 27.6 Å². The predicted molar refractivity (Wildman–Crippen MR) is 95.6 cm³/mol. The molecule has 150 valence electrons. The molecule has 1 aromatic carbocycles. The van der Waals surface area contributed by atoms with Crippen LogP contribution in [0.5, 0.6) is 0 Å². The number of amides is 1. The maximum atomic E-state index is 13.0. The molecule has 1 amide bonds. The average molecular weight is 417 g/mol. The average Bonchev–Trinajstić information content (AvgIpc) is 2.88. The first kappa shape index (κ1) is 21.5. The number of carbonyl (C=O) groups is 3. The number of ether oxygens (including phenoxy) is 1. The molecule has 0 bridgehead atoms. The lowest BCUT2D eigenvalue weighted by atomic mass is 10.1. The van der Waals surface area contributed by atoms with Crippen LogP contribution in [0.15, 0.2) is 18.2 Å². The Morgan fingerprint density at radius 1 is 1.21 bits per heavy atom. The summed E-state index contributed by atoms with van der Waals surface area (Å²) < 4.78 is 43.9. The van der Waals surface area contributed by atoms with Crippen LogP contribution in [-0.4, -0.2) is 29.3 Å². The molecule has 10 heteroatoms. The summed E-state index contributed by atoms with van der Waals surface area (Å²) in [5.74, 6) is -2.17. The minimum absolute atomic E-state index is 0.00998. The van der Waals surface area contributed by atoms with Crippen LogP contribution in [0.1, 0.15) is 44.6 Å². The summed E-state index contributed by atoms with van der Waals surface area (Å²) in [7, 11) is 0. The van der Waals surface area contributed by atoms with Crippen molar-refractivity contribution in [1.29, 1.82) is 0 Å². The minimum atomic E-state index is -4.73. The molecule has 2 N–H and O–H groups in total. The summed E-state index contributed by atoms with van der Waals surface area (Å²) in [6.07, 6.45) is -4.73. The highest BCUT2D eigenvalue weighted by atomic mass is 35.5. The van der Waals surface area contributed by atoms with E-state index in [1.54, 1.807) is 6.92 Å². The highest BCUT2D eigenvalue weighted by Crippen LogP contribution is 2.38. The number of nitrogens with one attached hydrogen (secondary N) is 2. The van der Waals surface area contributed by atoms with Gasteiger partial charge < -0.3 is 15.0 Å². The zero-order valence-corrected chi connectivity index (χ0v) is 15.8. The Balaban J connectivity index is 2.11. The smallest absolute Gasteiger partial charge is 0.418 e. The van der Waals surface area contributed by atoms with Crippen molar-refractivity contribution in [2.24, 2.45) is 0 Å². The molecular weight excluding hydrogens is 401 g/mol. The second kappa shape index (κ2) is 8.05. The van der Waals surface area contributed by atoms with E-state index in [1.165, 1.54) is 19.9 Å². The lowest BCUT2D eigenvalue weighted by Gasteiger charge is -2.15. The SMILES string of the molecule is CC(=O)c1c(C)[nH]c(C(=O)OCC(=O)Nc2c(Cl)cccc2C(F)(F)F)c1C. The third-order valence-corrected chi connectivity index (χ3v) is 4.23. The van der Waals surface area contributed by atoms with E-state index in [1.807, 2.05) is 5.32 Å². The summed E-state index contributed by atoms with van der Waals surface area (Å²) in [5, 5.41) is 1.70. The van der Waals surface area contributed by atoms with Gasteiger partial charge >= 0.3 is 12.1 Å². The van der Waals surface area contributed by atoms with E-state index in [4.69, 9.17) is 16.3 Å². The van der Waals surface area contributed by atoms with Gasteiger partial charge in [0.1, 0.15) is 5.69 Å². The van der Waals surface area contributed by atoms with Crippen LogP contribution < -0.4 is 5.32 Å². The van der Waals surface area contributed by atoms with Crippen LogP contribution in [0, 0.1) is 13.8 Å². The van der Waals surface area contributed by atoms with E-state index < -0.39 is 35.9 Å². The molecule has 1 aromatic heterocycles. The quantitative estimate of drug-likeness (QED) is 0.561. The maximum absolute atomic E-state index is 13.0. The van der Waals surface area contributed by atoms with Gasteiger partial charge in [0.2, 0.25) is 0 Å². The molecule has 28 heavy (non-hydrogen) atoms. The lowest BCUT2D eigenvalue weighted by molar-refractivity contribution is -0.137. The summed E-state index contributed by atoms with van der Waals surface area (Å²) in [4.78, 5) is 38.4. The van der Waals surface area contributed by atoms with Crippen LogP contribution in [-0.2, 0) is 15.7 Å². The van der Waals surface area contributed by atoms with Gasteiger partial charge in [0.05, 0.1) is 16.3 Å². The van der Waals surface area contributed by atoms with Crippen LogP contribution in [0.2, 0.25) is 5.02 Å². The topological polar surface area (TPSA) is 88.3 Å². The first-order valence-corrected chi connectivity index (χ1v) is 8.34. The fourth-order valence-electron chi connectivity index (χ4n) is 2.75. The predicted octanol–water partition coefficient (Wildman–Crippen LogP) is 4.30. The maximum Gasteiger partial charge on any atom is 0.418 e. The van der Waals surface area contributed by atoms with E-state index in [-0.39, 0.29) is 16.5 Å². The number of alkyl halides is 3. The monoisotopic (exact) mass is 416 g/mol. The number of para-hydroxylation sites is 1. The van der Waals surface area contributed by atoms with E-state index in [2.05, 4.69) is 4.98 Å². The van der Waals surface area contributed by atoms with E-state index in [0.29, 0.717) is 16.8 Å². The van der Waals surface area contributed by atoms with Gasteiger partial charge in [0.15, 0.2) is 12.4 Å². The second-order valence-corrected chi connectivity index (χ2v) is 6.37. The molecule has 0 saturated carbocycles. The Labute approximate surface area is 163 Å². The van der Waals surface area contributed by atoms with Gasteiger partial charge in [-0.25, -0.2) is 4.79 Å². The number of benzene rings is 1. The van der Waals surface area contributed by atoms with E-state index in [0.717, 1.165) is 12.1 Å². The Bertz CT molecular complexity index is 951. The number of ketones is 1. The molecule has 0 spiro atoms. The number of carbonyl (C=O) groups excluding carboxylic acids is 3. The number of rotatable bonds is 5. The molecule has 0 aliphatic carbocycles. The van der Waals surface area contributed by atoms with Crippen molar-refractivity contribution in [1.82, 2.24) is 4.98 Å². The van der Waals surface area contributed by atoms with Crippen LogP contribution in [0.4, 0.5) is 18.9 Å². The fraction of sp³-hybridized carbons (Fsp3) is 0.278. The number of H-pyrrole nitrogens is 1. The Hall–Kier alpha value is -2.81. The molecule has 0 aliphatic rings.